The lowest BCUT2D eigenvalue weighted by Gasteiger charge is -2.21. The molecular formula is C12H15BrF3NO. The van der Waals surface area contributed by atoms with Crippen LogP contribution in [0.1, 0.15) is 31.0 Å². The molecule has 0 aliphatic rings. The number of aliphatic hydroxyl groups excluding tert-OH is 1. The number of benzene rings is 1. The molecule has 2 N–H and O–H groups in total. The van der Waals surface area contributed by atoms with Gasteiger partial charge in [-0.2, -0.15) is 13.2 Å². The molecule has 0 heterocycles. The normalized spacial score (nSPS) is 15.5. The van der Waals surface area contributed by atoms with Crippen LogP contribution in [0.25, 0.3) is 0 Å². The molecule has 102 valence electrons. The van der Waals surface area contributed by atoms with Gasteiger partial charge in [-0.1, -0.05) is 15.9 Å². The Balaban J connectivity index is 3.00. The predicted octanol–water partition coefficient (Wildman–Crippen LogP) is 3.50. The molecule has 0 saturated carbocycles. The van der Waals surface area contributed by atoms with E-state index in [1.165, 1.54) is 6.07 Å². The summed E-state index contributed by atoms with van der Waals surface area (Å²) >= 11 is 3.24. The Bertz CT molecular complexity index is 409. The van der Waals surface area contributed by atoms with Crippen LogP contribution in [0.2, 0.25) is 0 Å². The van der Waals surface area contributed by atoms with Gasteiger partial charge in [0.15, 0.2) is 0 Å². The van der Waals surface area contributed by atoms with Gasteiger partial charge in [0.2, 0.25) is 0 Å². The first-order valence-electron chi connectivity index (χ1n) is 5.49. The molecule has 0 saturated heterocycles. The van der Waals surface area contributed by atoms with Gasteiger partial charge in [0.05, 0.1) is 12.2 Å². The average Bonchev–Trinajstić information content (AvgIpc) is 2.27. The van der Waals surface area contributed by atoms with Crippen LogP contribution in [0.4, 0.5) is 13.2 Å². The van der Waals surface area contributed by atoms with E-state index >= 15 is 0 Å². The van der Waals surface area contributed by atoms with Gasteiger partial charge in [-0.15, -0.1) is 0 Å². The van der Waals surface area contributed by atoms with E-state index in [1.54, 1.807) is 13.8 Å². The number of aliphatic hydroxyl groups is 1. The summed E-state index contributed by atoms with van der Waals surface area (Å²) in [6, 6.07) is 3.08. The number of halogens is 4. The van der Waals surface area contributed by atoms with Crippen molar-refractivity contribution < 1.29 is 18.3 Å². The third kappa shape index (κ3) is 3.96. The van der Waals surface area contributed by atoms with Gasteiger partial charge in [0.1, 0.15) is 0 Å². The molecular weight excluding hydrogens is 311 g/mol. The van der Waals surface area contributed by atoms with E-state index in [9.17, 15) is 13.2 Å². The fourth-order valence-electron chi connectivity index (χ4n) is 1.62. The summed E-state index contributed by atoms with van der Waals surface area (Å²) in [6.45, 7) is 3.45. The highest BCUT2D eigenvalue weighted by Crippen LogP contribution is 2.33. The van der Waals surface area contributed by atoms with Crippen LogP contribution in [0.5, 0.6) is 0 Å². The predicted molar refractivity (Wildman–Crippen MR) is 67.2 cm³/mol. The van der Waals surface area contributed by atoms with Crippen LogP contribution in [0.3, 0.4) is 0 Å². The molecule has 0 aromatic heterocycles. The molecule has 1 aromatic rings. The van der Waals surface area contributed by atoms with Crippen molar-refractivity contribution >= 4 is 15.9 Å². The lowest BCUT2D eigenvalue weighted by molar-refractivity contribution is -0.137. The molecule has 0 fully saturated rings. The fourth-order valence-corrected chi connectivity index (χ4v) is 2.21. The van der Waals surface area contributed by atoms with Crippen molar-refractivity contribution in [2.75, 3.05) is 6.61 Å². The zero-order valence-electron chi connectivity index (χ0n) is 10.1. The Morgan fingerprint density at radius 2 is 1.94 bits per heavy atom. The number of rotatable bonds is 4. The Labute approximate surface area is 112 Å². The van der Waals surface area contributed by atoms with Gasteiger partial charge < -0.3 is 10.4 Å². The van der Waals surface area contributed by atoms with E-state index in [2.05, 4.69) is 21.2 Å². The minimum Gasteiger partial charge on any atom is -0.395 e. The monoisotopic (exact) mass is 325 g/mol. The molecule has 0 aliphatic heterocycles. The van der Waals surface area contributed by atoms with Crippen molar-refractivity contribution in [3.05, 3.63) is 33.8 Å². The van der Waals surface area contributed by atoms with E-state index in [0.29, 0.717) is 10.0 Å². The minimum atomic E-state index is -4.35. The van der Waals surface area contributed by atoms with Gasteiger partial charge in [-0.05, 0) is 37.6 Å². The summed E-state index contributed by atoms with van der Waals surface area (Å²) in [7, 11) is 0. The number of hydrogen-bond donors (Lipinski definition) is 2. The third-order valence-corrected chi connectivity index (χ3v) is 3.32. The summed E-state index contributed by atoms with van der Waals surface area (Å²) in [5, 5.41) is 11.9. The second kappa shape index (κ2) is 6.04. The van der Waals surface area contributed by atoms with Crippen molar-refractivity contribution in [1.29, 1.82) is 0 Å². The maximum atomic E-state index is 12.6. The van der Waals surface area contributed by atoms with Crippen LogP contribution in [0, 0.1) is 0 Å². The van der Waals surface area contributed by atoms with Crippen LogP contribution >= 0.6 is 15.9 Å². The Kier molecular flexibility index (Phi) is 5.19. The fraction of sp³-hybridized carbons (Fsp3) is 0.500. The molecule has 0 amide bonds. The summed E-state index contributed by atoms with van der Waals surface area (Å²) in [5.74, 6) is 0. The molecule has 1 aromatic carbocycles. The smallest absolute Gasteiger partial charge is 0.395 e. The number of nitrogens with one attached hydrogen (secondary N) is 1. The van der Waals surface area contributed by atoms with Crippen molar-refractivity contribution in [2.45, 2.75) is 32.1 Å². The van der Waals surface area contributed by atoms with E-state index < -0.39 is 11.7 Å². The Morgan fingerprint density at radius 3 is 2.44 bits per heavy atom. The van der Waals surface area contributed by atoms with Crippen molar-refractivity contribution in [1.82, 2.24) is 5.32 Å². The quantitative estimate of drug-likeness (QED) is 0.888. The third-order valence-electron chi connectivity index (χ3n) is 2.60. The van der Waals surface area contributed by atoms with Crippen LogP contribution in [-0.4, -0.2) is 17.8 Å². The van der Waals surface area contributed by atoms with Gasteiger partial charge in [0, 0.05) is 16.6 Å². The number of alkyl halides is 3. The maximum absolute atomic E-state index is 12.6. The molecule has 0 radical (unpaired) electrons. The molecule has 1 rings (SSSR count). The van der Waals surface area contributed by atoms with E-state index in [4.69, 9.17) is 5.11 Å². The van der Waals surface area contributed by atoms with Crippen LogP contribution < -0.4 is 5.32 Å². The molecule has 0 spiro atoms. The first-order chi connectivity index (χ1) is 8.25. The Hall–Kier alpha value is -0.590. The van der Waals surface area contributed by atoms with Crippen molar-refractivity contribution in [2.24, 2.45) is 0 Å². The highest BCUT2D eigenvalue weighted by Gasteiger charge is 2.31. The minimum absolute atomic E-state index is 0.0685. The van der Waals surface area contributed by atoms with Crippen molar-refractivity contribution in [3.63, 3.8) is 0 Å². The molecule has 1 unspecified atom stereocenters. The molecule has 6 heteroatoms. The molecule has 0 bridgehead atoms. The van der Waals surface area contributed by atoms with Crippen LogP contribution in [-0.2, 0) is 6.18 Å². The van der Waals surface area contributed by atoms with Gasteiger partial charge in [-0.3, -0.25) is 0 Å². The average molecular weight is 326 g/mol. The molecule has 2 atom stereocenters. The summed E-state index contributed by atoms with van der Waals surface area (Å²) in [4.78, 5) is 0. The SMILES string of the molecule is CC(N[C@@H](C)CO)c1cc(C(F)(F)F)ccc1Br. The van der Waals surface area contributed by atoms with Gasteiger partial charge >= 0.3 is 6.18 Å². The topological polar surface area (TPSA) is 32.3 Å². The lowest BCUT2D eigenvalue weighted by Crippen LogP contribution is -2.32. The second-order valence-electron chi connectivity index (χ2n) is 4.21. The molecule has 0 aliphatic carbocycles. The van der Waals surface area contributed by atoms with E-state index in [0.717, 1.165) is 12.1 Å². The standard InChI is InChI=1S/C12H15BrF3NO/c1-7(6-18)17-8(2)10-5-9(12(14,15)16)3-4-11(10)13/h3-5,7-8,17-18H,6H2,1-2H3/t7-,8?/m0/s1. The Morgan fingerprint density at radius 1 is 1.33 bits per heavy atom. The summed E-state index contributed by atoms with van der Waals surface area (Å²) < 4.78 is 38.5. The van der Waals surface area contributed by atoms with E-state index in [1.807, 2.05) is 0 Å². The highest BCUT2D eigenvalue weighted by molar-refractivity contribution is 9.10. The van der Waals surface area contributed by atoms with Gasteiger partial charge in [-0.25, -0.2) is 0 Å². The first kappa shape index (κ1) is 15.5. The molecule has 18 heavy (non-hydrogen) atoms. The van der Waals surface area contributed by atoms with Crippen LogP contribution in [0.15, 0.2) is 22.7 Å². The highest BCUT2D eigenvalue weighted by atomic mass is 79.9. The number of hydrogen-bond acceptors (Lipinski definition) is 2. The zero-order valence-corrected chi connectivity index (χ0v) is 11.6. The van der Waals surface area contributed by atoms with Gasteiger partial charge in [0.25, 0.3) is 0 Å². The van der Waals surface area contributed by atoms with Crippen molar-refractivity contribution in [3.8, 4) is 0 Å². The maximum Gasteiger partial charge on any atom is 0.416 e. The second-order valence-corrected chi connectivity index (χ2v) is 5.06. The largest absolute Gasteiger partial charge is 0.416 e. The summed E-state index contributed by atoms with van der Waals surface area (Å²) in [5.41, 5.74) is -0.156. The molecule has 2 nitrogen and oxygen atoms in total. The van der Waals surface area contributed by atoms with E-state index in [-0.39, 0.29) is 18.7 Å². The zero-order chi connectivity index (χ0) is 13.9. The lowest BCUT2D eigenvalue weighted by atomic mass is 10.0. The summed E-state index contributed by atoms with van der Waals surface area (Å²) in [6.07, 6.45) is -4.35. The first-order valence-corrected chi connectivity index (χ1v) is 6.28.